The van der Waals surface area contributed by atoms with E-state index < -0.39 is 67.4 Å². The van der Waals surface area contributed by atoms with Crippen molar-refractivity contribution >= 4 is 11.9 Å². The molecule has 1 saturated heterocycles. The Labute approximate surface area is 550 Å². The zero-order valence-electron chi connectivity index (χ0n) is 58.8. The Morgan fingerprint density at radius 1 is 0.427 bits per heavy atom. The molecule has 6 N–H and O–H groups in total. The van der Waals surface area contributed by atoms with Crippen LogP contribution in [0.2, 0.25) is 0 Å². The smallest absolute Gasteiger partial charge is 0.306 e. The summed E-state index contributed by atoms with van der Waals surface area (Å²) in [4.78, 5) is 26.7. The van der Waals surface area contributed by atoms with Crippen LogP contribution in [0.25, 0.3) is 0 Å². The van der Waals surface area contributed by atoms with E-state index in [9.17, 15) is 35.1 Å². The molecule has 0 spiro atoms. The number of aliphatic hydroxyl groups is 5. The van der Waals surface area contributed by atoms with Gasteiger partial charge >= 0.3 is 5.97 Å². The van der Waals surface area contributed by atoms with E-state index in [4.69, 9.17) is 14.2 Å². The fourth-order valence-corrected chi connectivity index (χ4v) is 12.7. The van der Waals surface area contributed by atoms with E-state index in [0.29, 0.717) is 19.3 Å². The van der Waals surface area contributed by atoms with Gasteiger partial charge in [-0.25, -0.2) is 0 Å². The first-order valence-corrected chi connectivity index (χ1v) is 39.1. The Kier molecular flexibility index (Phi) is 63.3. The van der Waals surface area contributed by atoms with Crippen molar-refractivity contribution in [3.63, 3.8) is 0 Å². The highest BCUT2D eigenvalue weighted by Gasteiger charge is 2.47. The van der Waals surface area contributed by atoms with Crippen molar-refractivity contribution in [2.45, 2.75) is 449 Å². The quantitative estimate of drug-likeness (QED) is 0.0195. The number of ether oxygens (including phenoxy) is 3. The molecule has 1 rings (SSSR count). The van der Waals surface area contributed by atoms with Gasteiger partial charge in [-0.2, -0.15) is 0 Å². The number of esters is 1. The number of aliphatic hydroxyl groups excluding tert-OH is 5. The van der Waals surface area contributed by atoms with Crippen molar-refractivity contribution < 1.29 is 49.3 Å². The lowest BCUT2D eigenvalue weighted by Gasteiger charge is -2.41. The summed E-state index contributed by atoms with van der Waals surface area (Å²) in [5, 5.41) is 57.3. The number of amides is 1. The second kappa shape index (κ2) is 66.2. The first-order chi connectivity index (χ1) is 43.7. The van der Waals surface area contributed by atoms with Crippen molar-refractivity contribution in [1.82, 2.24) is 5.32 Å². The highest BCUT2D eigenvalue weighted by molar-refractivity contribution is 5.80. The van der Waals surface area contributed by atoms with Gasteiger partial charge in [-0.15, -0.1) is 0 Å². The van der Waals surface area contributed by atoms with E-state index in [2.05, 4.69) is 38.2 Å². The number of carbonyl (C=O) groups excluding carboxylic acids is 2. The largest absolute Gasteiger partial charge is 0.454 e. The third-order valence-corrected chi connectivity index (χ3v) is 18.9. The SMILES string of the molecule is CCCCCCCC/C=C/CCCCCCCCCCCCCCCCCCCC(=O)OC1C(OCC(NC(=O)C(O)CCCCCCCCCCCCCCCCCCCCCCCC)C(O)/C=C/CCCCCCCCCCC)OC(CO)C(O)C1O. The van der Waals surface area contributed by atoms with Gasteiger partial charge in [0.1, 0.15) is 24.4 Å². The second-order valence-electron chi connectivity index (χ2n) is 27.5. The predicted octanol–water partition coefficient (Wildman–Crippen LogP) is 20.7. The van der Waals surface area contributed by atoms with E-state index in [1.165, 1.54) is 295 Å². The summed E-state index contributed by atoms with van der Waals surface area (Å²) in [6.45, 7) is 5.86. The van der Waals surface area contributed by atoms with Crippen molar-refractivity contribution in [2.24, 2.45) is 0 Å². The molecule has 1 aliphatic rings. The molecule has 0 radical (unpaired) electrons. The highest BCUT2D eigenvalue weighted by atomic mass is 16.7. The minimum Gasteiger partial charge on any atom is -0.454 e. The fourth-order valence-electron chi connectivity index (χ4n) is 12.7. The average Bonchev–Trinajstić information content (AvgIpc) is 1.43. The Morgan fingerprint density at radius 2 is 0.742 bits per heavy atom. The van der Waals surface area contributed by atoms with Gasteiger partial charge in [-0.3, -0.25) is 9.59 Å². The van der Waals surface area contributed by atoms with Crippen molar-refractivity contribution in [3.8, 4) is 0 Å². The van der Waals surface area contributed by atoms with Gasteiger partial charge in [0.05, 0.1) is 25.4 Å². The molecule has 8 atom stereocenters. The van der Waals surface area contributed by atoms with E-state index in [0.717, 1.165) is 57.8 Å². The minimum absolute atomic E-state index is 0.130. The monoisotopic (exact) mass is 1260 g/mol. The number of carbonyl (C=O) groups is 2. The Hall–Kier alpha value is -1.86. The summed E-state index contributed by atoms with van der Waals surface area (Å²) in [6, 6.07) is -1.02. The molecule has 11 heteroatoms. The summed E-state index contributed by atoms with van der Waals surface area (Å²) in [5.74, 6) is -1.17. The molecule has 1 fully saturated rings. The minimum atomic E-state index is -1.61. The lowest BCUT2D eigenvalue weighted by atomic mass is 9.99. The molecule has 89 heavy (non-hydrogen) atoms. The van der Waals surface area contributed by atoms with Gasteiger partial charge in [-0.1, -0.05) is 366 Å². The van der Waals surface area contributed by atoms with Crippen LogP contribution in [0.15, 0.2) is 24.3 Å². The first-order valence-electron chi connectivity index (χ1n) is 39.1. The molecule has 8 unspecified atom stereocenters. The van der Waals surface area contributed by atoms with Gasteiger partial charge in [0, 0.05) is 6.42 Å². The van der Waals surface area contributed by atoms with Crippen LogP contribution in [0, 0.1) is 0 Å². The molecule has 11 nitrogen and oxygen atoms in total. The van der Waals surface area contributed by atoms with E-state index in [-0.39, 0.29) is 13.0 Å². The molecule has 0 aromatic heterocycles. The molecular formula is C78H149NO10. The number of unbranched alkanes of at least 4 members (excludes halogenated alkanes) is 53. The topological polar surface area (TPSA) is 175 Å². The third kappa shape index (κ3) is 53.1. The molecule has 526 valence electrons. The standard InChI is InChI=1S/C78H149NO10/c1-4-7-10-13-16-19-22-24-26-28-30-32-34-35-36-37-38-40-42-44-46-48-51-54-57-60-63-66-73(83)89-76-75(85)74(84)72(67-80)88-78(76)87-68-69(70(81)64-61-58-55-52-49-21-18-15-12-9-6-3)79-77(86)71(82)65-62-59-56-53-50-47-45-43-41-39-33-31-29-27-25-23-20-17-14-11-8-5-2/h24,26,61,64,69-72,74-76,78,80-82,84-85H,4-23,25,27-60,62-63,65-68H2,1-3H3,(H,79,86)/b26-24+,64-61+. The van der Waals surface area contributed by atoms with Gasteiger partial charge < -0.3 is 45.1 Å². The maximum Gasteiger partial charge on any atom is 0.306 e. The van der Waals surface area contributed by atoms with E-state index in [1.807, 2.05) is 6.08 Å². The van der Waals surface area contributed by atoms with Crippen LogP contribution < -0.4 is 5.32 Å². The first kappa shape index (κ1) is 85.2. The lowest BCUT2D eigenvalue weighted by molar-refractivity contribution is -0.305. The molecule has 0 aliphatic carbocycles. The molecule has 0 bridgehead atoms. The molecule has 0 aromatic carbocycles. The maximum atomic E-state index is 13.5. The van der Waals surface area contributed by atoms with Gasteiger partial charge in [0.15, 0.2) is 12.4 Å². The van der Waals surface area contributed by atoms with E-state index in [1.54, 1.807) is 6.08 Å². The molecule has 1 heterocycles. The summed E-state index contributed by atoms with van der Waals surface area (Å²) in [7, 11) is 0. The van der Waals surface area contributed by atoms with Gasteiger partial charge in [-0.05, 0) is 51.4 Å². The number of hydrogen-bond acceptors (Lipinski definition) is 10. The van der Waals surface area contributed by atoms with Crippen molar-refractivity contribution in [3.05, 3.63) is 24.3 Å². The summed E-state index contributed by atoms with van der Waals surface area (Å²) in [6.07, 6.45) is 71.0. The Morgan fingerprint density at radius 3 is 1.09 bits per heavy atom. The van der Waals surface area contributed by atoms with Crippen LogP contribution in [0.4, 0.5) is 0 Å². The van der Waals surface area contributed by atoms with E-state index >= 15 is 0 Å². The molecule has 0 aromatic rings. The van der Waals surface area contributed by atoms with Crippen LogP contribution in [0.5, 0.6) is 0 Å². The van der Waals surface area contributed by atoms with Crippen molar-refractivity contribution in [2.75, 3.05) is 13.2 Å². The van der Waals surface area contributed by atoms with Gasteiger partial charge in [0.25, 0.3) is 0 Å². The number of hydrogen-bond donors (Lipinski definition) is 6. The number of allylic oxidation sites excluding steroid dienone is 3. The maximum absolute atomic E-state index is 13.5. The molecule has 1 amide bonds. The van der Waals surface area contributed by atoms with Crippen LogP contribution in [0.3, 0.4) is 0 Å². The highest BCUT2D eigenvalue weighted by Crippen LogP contribution is 2.27. The van der Waals surface area contributed by atoms with Crippen molar-refractivity contribution in [1.29, 1.82) is 0 Å². The van der Waals surface area contributed by atoms with Crippen LogP contribution in [0.1, 0.15) is 400 Å². The van der Waals surface area contributed by atoms with Gasteiger partial charge in [0.2, 0.25) is 5.91 Å². The summed E-state index contributed by atoms with van der Waals surface area (Å²) < 4.78 is 17.7. The zero-order valence-corrected chi connectivity index (χ0v) is 58.8. The third-order valence-electron chi connectivity index (χ3n) is 18.9. The number of nitrogens with one attached hydrogen (secondary N) is 1. The molecule has 1 aliphatic heterocycles. The molecular weight excluding hydrogens is 1110 g/mol. The van der Waals surface area contributed by atoms with Crippen LogP contribution >= 0.6 is 0 Å². The second-order valence-corrected chi connectivity index (χ2v) is 27.5. The summed E-state index contributed by atoms with van der Waals surface area (Å²) >= 11 is 0. The molecule has 0 saturated carbocycles. The number of rotatable bonds is 69. The average molecular weight is 1260 g/mol. The summed E-state index contributed by atoms with van der Waals surface area (Å²) in [5.41, 5.74) is 0. The van der Waals surface area contributed by atoms with Crippen LogP contribution in [-0.2, 0) is 23.8 Å². The Balaban J connectivity index is 2.47. The normalized spacial score (nSPS) is 18.1. The predicted molar refractivity (Wildman–Crippen MR) is 375 cm³/mol. The van der Waals surface area contributed by atoms with Crippen LogP contribution in [-0.4, -0.2) is 99.6 Å². The lowest BCUT2D eigenvalue weighted by Crippen LogP contribution is -2.61. The Bertz CT molecular complexity index is 1550. The fraction of sp³-hybridized carbons (Fsp3) is 0.923. The zero-order chi connectivity index (χ0) is 64.6.